The van der Waals surface area contributed by atoms with Gasteiger partial charge in [0.25, 0.3) is 0 Å². The van der Waals surface area contributed by atoms with Crippen LogP contribution in [0.15, 0.2) is 12.3 Å². The van der Waals surface area contributed by atoms with Crippen LogP contribution in [-0.4, -0.2) is 29.5 Å². The van der Waals surface area contributed by atoms with E-state index in [-0.39, 0.29) is 12.2 Å². The third-order valence-corrected chi connectivity index (χ3v) is 2.02. The highest BCUT2D eigenvalue weighted by Crippen LogP contribution is 2.33. The largest absolute Gasteiger partial charge is 0.398 e. The van der Waals surface area contributed by atoms with E-state index in [4.69, 9.17) is 0 Å². The summed E-state index contributed by atoms with van der Waals surface area (Å²) in [5.41, 5.74) is 0.173. The van der Waals surface area contributed by atoms with E-state index in [9.17, 15) is 13.2 Å². The Balaban J connectivity index is 2.95. The first-order valence-electron chi connectivity index (χ1n) is 4.16. The number of alkyl halides is 3. The van der Waals surface area contributed by atoms with E-state index in [0.717, 1.165) is 0 Å². The van der Waals surface area contributed by atoms with E-state index < -0.39 is 12.1 Å². The molecule has 1 N–H and O–H groups in total. The molecule has 3 nitrogen and oxygen atoms in total. The molecule has 1 aromatic rings. The maximum absolute atomic E-state index is 12.6. The molecule has 1 heterocycles. The molecule has 0 saturated carbocycles. The predicted octanol–water partition coefficient (Wildman–Crippen LogP) is 1.29. The first-order chi connectivity index (χ1) is 6.46. The Kier molecular flexibility index (Phi) is 3.15. The van der Waals surface area contributed by atoms with Gasteiger partial charge in [0, 0.05) is 19.8 Å². The molecule has 0 bridgehead atoms. The van der Waals surface area contributed by atoms with E-state index >= 15 is 0 Å². The molecule has 14 heavy (non-hydrogen) atoms. The van der Waals surface area contributed by atoms with E-state index in [2.05, 4.69) is 10.4 Å². The Labute approximate surface area is 79.9 Å². The average Bonchev–Trinajstić information content (AvgIpc) is 2.45. The minimum Gasteiger partial charge on any atom is -0.319 e. The highest BCUT2D eigenvalue weighted by Gasteiger charge is 2.41. The number of likely N-dealkylation sites (N-methyl/N-ethyl adjacent to an activating group) is 1. The fourth-order valence-corrected chi connectivity index (χ4v) is 1.32. The molecular weight excluding hydrogens is 195 g/mol. The summed E-state index contributed by atoms with van der Waals surface area (Å²) in [6, 6.07) is 1.38. The van der Waals surface area contributed by atoms with Crippen LogP contribution >= 0.6 is 0 Å². The van der Waals surface area contributed by atoms with Gasteiger partial charge in [-0.3, -0.25) is 4.68 Å². The van der Waals surface area contributed by atoms with Gasteiger partial charge in [0.2, 0.25) is 0 Å². The van der Waals surface area contributed by atoms with Crippen molar-refractivity contribution in [3.05, 3.63) is 18.0 Å². The first kappa shape index (κ1) is 11.0. The maximum Gasteiger partial charge on any atom is 0.398 e. The van der Waals surface area contributed by atoms with Crippen LogP contribution in [0, 0.1) is 0 Å². The molecule has 1 rings (SSSR count). The normalized spacial score (nSPS) is 14.4. The number of nitrogens with one attached hydrogen (secondary N) is 1. The molecule has 0 aliphatic heterocycles. The molecule has 6 heteroatoms. The van der Waals surface area contributed by atoms with Gasteiger partial charge in [-0.15, -0.1) is 0 Å². The summed E-state index contributed by atoms with van der Waals surface area (Å²) >= 11 is 0. The Bertz CT molecular complexity index is 292. The third kappa shape index (κ3) is 2.25. The van der Waals surface area contributed by atoms with Crippen molar-refractivity contribution in [1.29, 1.82) is 0 Å². The smallest absolute Gasteiger partial charge is 0.319 e. The monoisotopic (exact) mass is 207 g/mol. The summed E-state index contributed by atoms with van der Waals surface area (Å²) in [6.45, 7) is -0.136. The molecule has 80 valence electrons. The van der Waals surface area contributed by atoms with E-state index in [1.165, 1.54) is 31.0 Å². The minimum atomic E-state index is -4.24. The Hall–Kier alpha value is -1.04. The van der Waals surface area contributed by atoms with E-state index in [1.54, 1.807) is 0 Å². The summed E-state index contributed by atoms with van der Waals surface area (Å²) in [7, 11) is 3.00. The van der Waals surface area contributed by atoms with Gasteiger partial charge in [-0.25, -0.2) is 0 Å². The predicted molar refractivity (Wildman–Crippen MR) is 45.9 cm³/mol. The number of halogens is 3. The second kappa shape index (κ2) is 4.00. The van der Waals surface area contributed by atoms with Gasteiger partial charge in [0.1, 0.15) is 5.92 Å². The van der Waals surface area contributed by atoms with Crippen LogP contribution in [-0.2, 0) is 7.05 Å². The van der Waals surface area contributed by atoms with E-state index in [1.807, 2.05) is 0 Å². The number of aromatic nitrogens is 2. The highest BCUT2D eigenvalue weighted by molar-refractivity contribution is 5.10. The molecule has 0 spiro atoms. The Morgan fingerprint density at radius 1 is 1.57 bits per heavy atom. The standard InChI is InChI=1S/C8H12F3N3/c1-12-5-6(8(9,10)11)7-3-4-13-14(7)2/h3-4,6,12H,5H2,1-2H3. The molecular formula is C8H12F3N3. The van der Waals surface area contributed by atoms with Crippen LogP contribution in [0.1, 0.15) is 11.6 Å². The van der Waals surface area contributed by atoms with Crippen LogP contribution in [0.25, 0.3) is 0 Å². The number of nitrogens with zero attached hydrogens (tertiary/aromatic N) is 2. The zero-order valence-electron chi connectivity index (χ0n) is 7.97. The van der Waals surface area contributed by atoms with Gasteiger partial charge in [-0.05, 0) is 13.1 Å². The molecule has 1 aromatic heterocycles. The molecule has 0 amide bonds. The van der Waals surface area contributed by atoms with Gasteiger partial charge >= 0.3 is 6.18 Å². The molecule has 1 atom stereocenters. The molecule has 1 unspecified atom stereocenters. The van der Waals surface area contributed by atoms with Crippen molar-refractivity contribution in [2.24, 2.45) is 7.05 Å². The quantitative estimate of drug-likeness (QED) is 0.809. The summed E-state index contributed by atoms with van der Waals surface area (Å²) < 4.78 is 39.0. The molecule has 0 radical (unpaired) electrons. The maximum atomic E-state index is 12.6. The van der Waals surface area contributed by atoms with Gasteiger partial charge in [-0.1, -0.05) is 0 Å². The zero-order chi connectivity index (χ0) is 10.8. The average molecular weight is 207 g/mol. The summed E-state index contributed by atoms with van der Waals surface area (Å²) in [4.78, 5) is 0. The summed E-state index contributed by atoms with van der Waals surface area (Å²) in [6.07, 6.45) is -2.87. The Morgan fingerprint density at radius 3 is 2.57 bits per heavy atom. The lowest BCUT2D eigenvalue weighted by Crippen LogP contribution is -2.31. The van der Waals surface area contributed by atoms with Crippen LogP contribution in [0.5, 0.6) is 0 Å². The van der Waals surface area contributed by atoms with Crippen LogP contribution < -0.4 is 5.32 Å². The number of hydrogen-bond donors (Lipinski definition) is 1. The van der Waals surface area contributed by atoms with Gasteiger partial charge in [-0.2, -0.15) is 18.3 Å². The number of aryl methyl sites for hydroxylation is 1. The van der Waals surface area contributed by atoms with Crippen molar-refractivity contribution in [1.82, 2.24) is 15.1 Å². The van der Waals surface area contributed by atoms with Gasteiger partial charge < -0.3 is 5.32 Å². The van der Waals surface area contributed by atoms with Crippen molar-refractivity contribution in [3.8, 4) is 0 Å². The van der Waals surface area contributed by atoms with Crippen LogP contribution in [0.2, 0.25) is 0 Å². The van der Waals surface area contributed by atoms with Crippen molar-refractivity contribution in [3.63, 3.8) is 0 Å². The van der Waals surface area contributed by atoms with Crippen molar-refractivity contribution < 1.29 is 13.2 Å². The number of rotatable bonds is 3. The van der Waals surface area contributed by atoms with Crippen molar-refractivity contribution in [2.75, 3.05) is 13.6 Å². The van der Waals surface area contributed by atoms with Crippen LogP contribution in [0.4, 0.5) is 13.2 Å². The lowest BCUT2D eigenvalue weighted by atomic mass is 10.1. The van der Waals surface area contributed by atoms with Crippen LogP contribution in [0.3, 0.4) is 0 Å². The lowest BCUT2D eigenvalue weighted by molar-refractivity contribution is -0.150. The van der Waals surface area contributed by atoms with E-state index in [0.29, 0.717) is 0 Å². The number of hydrogen-bond acceptors (Lipinski definition) is 2. The second-order valence-electron chi connectivity index (χ2n) is 3.03. The second-order valence-corrected chi connectivity index (χ2v) is 3.03. The zero-order valence-corrected chi connectivity index (χ0v) is 7.97. The first-order valence-corrected chi connectivity index (χ1v) is 4.16. The fourth-order valence-electron chi connectivity index (χ4n) is 1.32. The fraction of sp³-hybridized carbons (Fsp3) is 0.625. The molecule has 0 aliphatic rings. The molecule has 0 aliphatic carbocycles. The Morgan fingerprint density at radius 2 is 2.21 bits per heavy atom. The summed E-state index contributed by atoms with van der Waals surface area (Å²) in [5, 5.41) is 6.25. The highest BCUT2D eigenvalue weighted by atomic mass is 19.4. The third-order valence-electron chi connectivity index (χ3n) is 2.02. The lowest BCUT2D eigenvalue weighted by Gasteiger charge is -2.19. The van der Waals surface area contributed by atoms with Crippen molar-refractivity contribution in [2.45, 2.75) is 12.1 Å². The van der Waals surface area contributed by atoms with Gasteiger partial charge in [0.15, 0.2) is 0 Å². The molecule has 0 saturated heterocycles. The minimum absolute atomic E-state index is 0.136. The summed E-state index contributed by atoms with van der Waals surface area (Å²) in [5.74, 6) is -1.50. The van der Waals surface area contributed by atoms with Crippen molar-refractivity contribution >= 4 is 0 Å². The topological polar surface area (TPSA) is 29.9 Å². The molecule has 0 fully saturated rings. The van der Waals surface area contributed by atoms with Gasteiger partial charge in [0.05, 0.1) is 5.69 Å². The molecule has 0 aromatic carbocycles. The SMILES string of the molecule is CNCC(c1ccnn1C)C(F)(F)F.